The van der Waals surface area contributed by atoms with E-state index in [9.17, 15) is 13.2 Å². The van der Waals surface area contributed by atoms with Crippen molar-refractivity contribution in [3.8, 4) is 0 Å². The Kier molecular flexibility index (Phi) is 4.94. The number of hydrogen-bond donors (Lipinski definition) is 1. The van der Waals surface area contributed by atoms with E-state index in [4.69, 9.17) is 0 Å². The Morgan fingerprint density at radius 2 is 2.00 bits per heavy atom. The number of hydrogen-bond acceptors (Lipinski definition) is 4. The third-order valence-corrected chi connectivity index (χ3v) is 6.79. The lowest BCUT2D eigenvalue weighted by molar-refractivity contribution is -0.121. The van der Waals surface area contributed by atoms with E-state index in [2.05, 4.69) is 32.3 Å². The molecule has 0 saturated carbocycles. The number of carbonyl (C=O) groups excluding carboxylic acids is 1. The van der Waals surface area contributed by atoms with Crippen LogP contribution in [0, 0.1) is 9.49 Å². The predicted molar refractivity (Wildman–Crippen MR) is 112 cm³/mol. The maximum Gasteiger partial charge on any atom is 0.285 e. The first kappa shape index (κ1) is 18.4. The zero-order valence-electron chi connectivity index (χ0n) is 14.4. The predicted octanol–water partition coefficient (Wildman–Crippen LogP) is 3.09. The van der Waals surface area contributed by atoms with Crippen LogP contribution in [0.1, 0.15) is 18.4 Å². The Bertz CT molecular complexity index is 1040. The number of amides is 1. The molecule has 1 fully saturated rings. The van der Waals surface area contributed by atoms with Crippen molar-refractivity contribution in [3.05, 3.63) is 57.7 Å². The minimum atomic E-state index is -3.65. The van der Waals surface area contributed by atoms with Gasteiger partial charge in [0.25, 0.3) is 10.0 Å². The Labute approximate surface area is 171 Å². The minimum Gasteiger partial charge on any atom is -0.355 e. The monoisotopic (exact) mass is 495 g/mol. The lowest BCUT2D eigenvalue weighted by Gasteiger charge is -2.33. The second-order valence-electron chi connectivity index (χ2n) is 6.67. The Morgan fingerprint density at radius 1 is 1.19 bits per heavy atom. The summed E-state index contributed by atoms with van der Waals surface area (Å²) in [5.41, 5.74) is 1.39. The number of piperidine rings is 1. The van der Waals surface area contributed by atoms with Gasteiger partial charge in [0.2, 0.25) is 5.91 Å². The lowest BCUT2D eigenvalue weighted by Crippen LogP contribution is -2.43. The largest absolute Gasteiger partial charge is 0.355 e. The molecule has 0 bridgehead atoms. The highest BCUT2D eigenvalue weighted by atomic mass is 127. The molecule has 1 atom stereocenters. The van der Waals surface area contributed by atoms with Gasteiger partial charge >= 0.3 is 0 Å². The van der Waals surface area contributed by atoms with Gasteiger partial charge in [-0.15, -0.1) is 4.40 Å². The molecular formula is C19H18IN3O3S. The lowest BCUT2D eigenvalue weighted by atomic mass is 9.96. The first-order chi connectivity index (χ1) is 12.9. The number of nitrogens with one attached hydrogen (secondary N) is 1. The normalized spacial score (nSPS) is 20.7. The molecule has 1 amide bonds. The number of likely N-dealkylation sites (tertiary alicyclic amines) is 1. The third-order valence-electron chi connectivity index (χ3n) is 4.80. The molecule has 8 heteroatoms. The number of nitrogens with zero attached hydrogens (tertiary/aromatic N) is 2. The molecule has 140 valence electrons. The van der Waals surface area contributed by atoms with Gasteiger partial charge in [0.05, 0.1) is 5.92 Å². The number of amidine groups is 1. The molecule has 2 aliphatic heterocycles. The van der Waals surface area contributed by atoms with Gasteiger partial charge in [0.1, 0.15) is 4.90 Å². The van der Waals surface area contributed by atoms with E-state index in [1.165, 1.54) is 0 Å². The molecule has 6 nitrogen and oxygen atoms in total. The van der Waals surface area contributed by atoms with Crippen LogP contribution < -0.4 is 5.32 Å². The SMILES string of the molecule is O=C(Nc1cccc(I)c1)C1CCCN(C2=NS(=O)(=O)c3ccccc32)C1. The Morgan fingerprint density at radius 3 is 2.81 bits per heavy atom. The van der Waals surface area contributed by atoms with Crippen molar-refractivity contribution >= 4 is 50.0 Å². The molecule has 1 unspecified atom stereocenters. The van der Waals surface area contributed by atoms with Crippen LogP contribution in [0.3, 0.4) is 0 Å². The summed E-state index contributed by atoms with van der Waals surface area (Å²) < 4.78 is 29.6. The summed E-state index contributed by atoms with van der Waals surface area (Å²) in [5, 5.41) is 2.97. The molecule has 0 spiro atoms. The van der Waals surface area contributed by atoms with Crippen LogP contribution >= 0.6 is 22.6 Å². The zero-order valence-corrected chi connectivity index (χ0v) is 17.4. The van der Waals surface area contributed by atoms with Crippen LogP contribution in [-0.4, -0.2) is 38.2 Å². The van der Waals surface area contributed by atoms with Crippen molar-refractivity contribution in [1.29, 1.82) is 0 Å². The molecule has 27 heavy (non-hydrogen) atoms. The number of rotatable bonds is 2. The topological polar surface area (TPSA) is 78.8 Å². The van der Waals surface area contributed by atoms with Gasteiger partial charge in [-0.2, -0.15) is 8.42 Å². The molecule has 0 aromatic heterocycles. The quantitative estimate of drug-likeness (QED) is 0.650. The molecule has 0 aliphatic carbocycles. The number of anilines is 1. The highest BCUT2D eigenvalue weighted by molar-refractivity contribution is 14.1. The van der Waals surface area contributed by atoms with E-state index < -0.39 is 10.0 Å². The smallest absolute Gasteiger partial charge is 0.285 e. The minimum absolute atomic E-state index is 0.0450. The van der Waals surface area contributed by atoms with Crippen molar-refractivity contribution in [2.45, 2.75) is 17.7 Å². The van der Waals surface area contributed by atoms with Crippen molar-refractivity contribution in [2.75, 3.05) is 18.4 Å². The third kappa shape index (κ3) is 3.73. The van der Waals surface area contributed by atoms with Gasteiger partial charge < -0.3 is 10.2 Å². The fraction of sp³-hybridized carbons (Fsp3) is 0.263. The molecule has 0 radical (unpaired) electrons. The number of carbonyl (C=O) groups is 1. The standard InChI is InChI=1S/C19H18IN3O3S/c20-14-6-3-7-15(11-14)21-19(24)13-5-4-10-23(12-13)18-16-8-1-2-9-17(16)27(25,26)22-18/h1-3,6-9,11,13H,4-5,10,12H2,(H,21,24). The summed E-state index contributed by atoms with van der Waals surface area (Å²) in [6.45, 7) is 1.15. The second-order valence-corrected chi connectivity index (χ2v) is 9.49. The van der Waals surface area contributed by atoms with Crippen LogP contribution in [-0.2, 0) is 14.8 Å². The maximum atomic E-state index is 12.7. The average Bonchev–Trinajstić information content (AvgIpc) is 2.93. The summed E-state index contributed by atoms with van der Waals surface area (Å²) in [4.78, 5) is 14.9. The molecule has 4 rings (SSSR count). The fourth-order valence-electron chi connectivity index (χ4n) is 3.51. The molecule has 1 N–H and O–H groups in total. The zero-order chi connectivity index (χ0) is 19.0. The van der Waals surface area contributed by atoms with Gasteiger partial charge in [-0.3, -0.25) is 4.79 Å². The van der Waals surface area contributed by atoms with E-state index in [-0.39, 0.29) is 16.7 Å². The molecule has 2 aromatic carbocycles. The van der Waals surface area contributed by atoms with E-state index >= 15 is 0 Å². The average molecular weight is 495 g/mol. The maximum absolute atomic E-state index is 12.7. The van der Waals surface area contributed by atoms with Crippen LogP contribution in [0.15, 0.2) is 57.8 Å². The van der Waals surface area contributed by atoms with Crippen LogP contribution in [0.25, 0.3) is 0 Å². The number of fused-ring (bicyclic) bond motifs is 1. The van der Waals surface area contributed by atoms with Crippen molar-refractivity contribution in [3.63, 3.8) is 0 Å². The number of halogens is 1. The van der Waals surface area contributed by atoms with Gasteiger partial charge in [0, 0.05) is 27.9 Å². The number of benzene rings is 2. The van der Waals surface area contributed by atoms with Crippen LogP contribution in [0.2, 0.25) is 0 Å². The molecule has 2 aromatic rings. The van der Waals surface area contributed by atoms with Gasteiger partial charge in [-0.25, -0.2) is 0 Å². The van der Waals surface area contributed by atoms with Gasteiger partial charge in [0.15, 0.2) is 5.84 Å². The molecule has 2 heterocycles. The highest BCUT2D eigenvalue weighted by Gasteiger charge is 2.35. The fourth-order valence-corrected chi connectivity index (χ4v) is 5.28. The van der Waals surface area contributed by atoms with E-state index in [1.54, 1.807) is 24.3 Å². The Balaban J connectivity index is 1.53. The second kappa shape index (κ2) is 7.23. The van der Waals surface area contributed by atoms with E-state index in [0.29, 0.717) is 24.5 Å². The first-order valence-corrected chi connectivity index (χ1v) is 11.2. The molecular weight excluding hydrogens is 477 g/mol. The molecule has 1 saturated heterocycles. The highest BCUT2D eigenvalue weighted by Crippen LogP contribution is 2.30. The summed E-state index contributed by atoms with van der Waals surface area (Å²) in [7, 11) is -3.65. The van der Waals surface area contributed by atoms with Crippen LogP contribution in [0.4, 0.5) is 5.69 Å². The van der Waals surface area contributed by atoms with Gasteiger partial charge in [-0.05, 0) is 65.8 Å². The van der Waals surface area contributed by atoms with Crippen molar-refractivity contribution < 1.29 is 13.2 Å². The molecule has 2 aliphatic rings. The summed E-state index contributed by atoms with van der Waals surface area (Å²) in [6, 6.07) is 14.5. The number of sulfonamides is 1. The van der Waals surface area contributed by atoms with Crippen molar-refractivity contribution in [1.82, 2.24) is 4.90 Å². The summed E-state index contributed by atoms with van der Waals surface area (Å²) >= 11 is 2.21. The van der Waals surface area contributed by atoms with E-state index in [1.807, 2.05) is 29.2 Å². The van der Waals surface area contributed by atoms with E-state index in [0.717, 1.165) is 22.1 Å². The summed E-state index contributed by atoms with van der Waals surface area (Å²) in [6.07, 6.45) is 1.58. The summed E-state index contributed by atoms with van der Waals surface area (Å²) in [5.74, 6) is 0.198. The van der Waals surface area contributed by atoms with Gasteiger partial charge in [-0.1, -0.05) is 18.2 Å². The first-order valence-electron chi connectivity index (χ1n) is 8.70. The van der Waals surface area contributed by atoms with Crippen molar-refractivity contribution in [2.24, 2.45) is 10.3 Å². The van der Waals surface area contributed by atoms with Crippen LogP contribution in [0.5, 0.6) is 0 Å². The Hall–Kier alpha value is -1.94.